The van der Waals surface area contributed by atoms with Crippen LogP contribution in [0.25, 0.3) is 0 Å². The molecule has 2 rings (SSSR count). The van der Waals surface area contributed by atoms with Crippen molar-refractivity contribution in [3.05, 3.63) is 59.1 Å². The largest absolute Gasteiger partial charge is 0.350 e. The van der Waals surface area contributed by atoms with Crippen LogP contribution in [-0.4, -0.2) is 44.2 Å². The standard InChI is InChI=1S/C19H22ClN3O4S/c1-13(2)21-19(25)16-10-9-14(20)11-17(16)22-18(24)12-23(3)28(26,27)15-7-5-4-6-8-15/h4-11,13H,12H2,1-3H3,(H,21,25)(H,22,24). The minimum atomic E-state index is -3.81. The third kappa shape index (κ3) is 5.54. The van der Waals surface area contributed by atoms with Gasteiger partial charge >= 0.3 is 0 Å². The molecule has 0 unspecified atom stereocenters. The van der Waals surface area contributed by atoms with Crippen LogP contribution in [0, 0.1) is 0 Å². The molecule has 28 heavy (non-hydrogen) atoms. The second kappa shape index (κ2) is 9.18. The zero-order valence-corrected chi connectivity index (χ0v) is 17.3. The summed E-state index contributed by atoms with van der Waals surface area (Å²) in [6.07, 6.45) is 0. The maximum absolute atomic E-state index is 12.5. The van der Waals surface area contributed by atoms with E-state index >= 15 is 0 Å². The van der Waals surface area contributed by atoms with Crippen molar-refractivity contribution in [1.82, 2.24) is 9.62 Å². The third-order valence-corrected chi connectivity index (χ3v) is 5.79. The Morgan fingerprint density at radius 1 is 1.11 bits per heavy atom. The van der Waals surface area contributed by atoms with Crippen LogP contribution in [0.1, 0.15) is 24.2 Å². The molecule has 0 fully saturated rings. The number of rotatable bonds is 7. The van der Waals surface area contributed by atoms with Gasteiger partial charge in [0.25, 0.3) is 5.91 Å². The number of nitrogens with one attached hydrogen (secondary N) is 2. The van der Waals surface area contributed by atoms with Gasteiger partial charge < -0.3 is 10.6 Å². The van der Waals surface area contributed by atoms with Crippen LogP contribution in [0.5, 0.6) is 0 Å². The number of nitrogens with zero attached hydrogens (tertiary/aromatic N) is 1. The highest BCUT2D eigenvalue weighted by atomic mass is 35.5. The summed E-state index contributed by atoms with van der Waals surface area (Å²) < 4.78 is 26.0. The molecular formula is C19H22ClN3O4S. The molecule has 150 valence electrons. The van der Waals surface area contributed by atoms with E-state index in [0.29, 0.717) is 5.02 Å². The number of amides is 2. The van der Waals surface area contributed by atoms with Gasteiger partial charge in [0, 0.05) is 18.1 Å². The molecule has 2 amide bonds. The van der Waals surface area contributed by atoms with Crippen molar-refractivity contribution in [2.45, 2.75) is 24.8 Å². The number of sulfonamides is 1. The molecule has 2 N–H and O–H groups in total. The summed E-state index contributed by atoms with van der Waals surface area (Å²) in [7, 11) is -2.50. The zero-order chi connectivity index (χ0) is 20.9. The maximum Gasteiger partial charge on any atom is 0.253 e. The number of halogens is 1. The smallest absolute Gasteiger partial charge is 0.253 e. The monoisotopic (exact) mass is 423 g/mol. The summed E-state index contributed by atoms with van der Waals surface area (Å²) in [5.74, 6) is -0.963. The lowest BCUT2D eigenvalue weighted by atomic mass is 10.1. The highest BCUT2D eigenvalue weighted by molar-refractivity contribution is 7.89. The molecule has 7 nitrogen and oxygen atoms in total. The number of hydrogen-bond acceptors (Lipinski definition) is 4. The van der Waals surface area contributed by atoms with Crippen LogP contribution in [0.2, 0.25) is 5.02 Å². The van der Waals surface area contributed by atoms with Crippen LogP contribution in [0.4, 0.5) is 5.69 Å². The number of likely N-dealkylation sites (N-methyl/N-ethyl adjacent to an activating group) is 1. The minimum absolute atomic E-state index is 0.0880. The topological polar surface area (TPSA) is 95.6 Å². The predicted molar refractivity (Wildman–Crippen MR) is 109 cm³/mol. The molecule has 2 aromatic rings. The van der Waals surface area contributed by atoms with Crippen molar-refractivity contribution in [1.29, 1.82) is 0 Å². The van der Waals surface area contributed by atoms with Crippen molar-refractivity contribution in [2.24, 2.45) is 0 Å². The Bertz CT molecular complexity index is 962. The van der Waals surface area contributed by atoms with Gasteiger partial charge in [0.05, 0.1) is 22.7 Å². The van der Waals surface area contributed by atoms with Crippen LogP contribution in [-0.2, 0) is 14.8 Å². The first-order valence-electron chi connectivity index (χ1n) is 8.53. The van der Waals surface area contributed by atoms with E-state index < -0.39 is 22.5 Å². The fourth-order valence-corrected chi connectivity index (χ4v) is 3.73. The van der Waals surface area contributed by atoms with E-state index in [0.717, 1.165) is 4.31 Å². The maximum atomic E-state index is 12.5. The Labute approximate surface area is 169 Å². The van der Waals surface area contributed by atoms with E-state index in [1.165, 1.54) is 31.3 Å². The Morgan fingerprint density at radius 3 is 2.36 bits per heavy atom. The molecule has 0 heterocycles. The lowest BCUT2D eigenvalue weighted by Gasteiger charge is -2.18. The molecule has 0 aliphatic heterocycles. The van der Waals surface area contributed by atoms with E-state index in [-0.39, 0.29) is 28.1 Å². The first-order chi connectivity index (χ1) is 13.1. The molecule has 0 bridgehead atoms. The van der Waals surface area contributed by atoms with Gasteiger partial charge in [0.1, 0.15) is 0 Å². The Hall–Kier alpha value is -2.42. The van der Waals surface area contributed by atoms with Crippen molar-refractivity contribution in [2.75, 3.05) is 18.9 Å². The average molecular weight is 424 g/mol. The highest BCUT2D eigenvalue weighted by Crippen LogP contribution is 2.22. The first kappa shape index (κ1) is 21.9. The second-order valence-corrected chi connectivity index (χ2v) is 8.92. The highest BCUT2D eigenvalue weighted by Gasteiger charge is 2.23. The Kier molecular flexibility index (Phi) is 7.17. The summed E-state index contributed by atoms with van der Waals surface area (Å²) in [5.41, 5.74) is 0.446. The van der Waals surface area contributed by atoms with Gasteiger partial charge in [-0.2, -0.15) is 4.31 Å². The molecule has 0 aromatic heterocycles. The molecule has 2 aromatic carbocycles. The Balaban J connectivity index is 2.17. The van der Waals surface area contributed by atoms with Crippen LogP contribution >= 0.6 is 11.6 Å². The van der Waals surface area contributed by atoms with Gasteiger partial charge in [0.2, 0.25) is 15.9 Å². The quantitative estimate of drug-likeness (QED) is 0.715. The van der Waals surface area contributed by atoms with E-state index in [9.17, 15) is 18.0 Å². The van der Waals surface area contributed by atoms with Crippen LogP contribution in [0.15, 0.2) is 53.4 Å². The van der Waals surface area contributed by atoms with Crippen LogP contribution < -0.4 is 10.6 Å². The minimum Gasteiger partial charge on any atom is -0.350 e. The number of carbonyl (C=O) groups is 2. The molecule has 0 radical (unpaired) electrons. The molecule has 0 saturated heterocycles. The van der Waals surface area contributed by atoms with Crippen molar-refractivity contribution in [3.63, 3.8) is 0 Å². The lowest BCUT2D eigenvalue weighted by molar-refractivity contribution is -0.116. The van der Waals surface area contributed by atoms with Gasteiger partial charge in [-0.3, -0.25) is 9.59 Å². The lowest BCUT2D eigenvalue weighted by Crippen LogP contribution is -2.35. The van der Waals surface area contributed by atoms with Gasteiger partial charge in [-0.1, -0.05) is 29.8 Å². The number of benzene rings is 2. The number of carbonyl (C=O) groups excluding carboxylic acids is 2. The van der Waals surface area contributed by atoms with E-state index in [1.54, 1.807) is 24.3 Å². The van der Waals surface area contributed by atoms with Crippen molar-refractivity contribution >= 4 is 39.1 Å². The van der Waals surface area contributed by atoms with Gasteiger partial charge in [-0.25, -0.2) is 8.42 Å². The molecule has 0 spiro atoms. The fourth-order valence-electron chi connectivity index (χ4n) is 2.41. The average Bonchev–Trinajstić information content (AvgIpc) is 2.61. The second-order valence-electron chi connectivity index (χ2n) is 6.44. The molecule has 0 aliphatic carbocycles. The van der Waals surface area contributed by atoms with Gasteiger partial charge in [-0.05, 0) is 44.2 Å². The predicted octanol–water partition coefficient (Wildman–Crippen LogP) is 2.74. The van der Waals surface area contributed by atoms with E-state index in [1.807, 2.05) is 13.8 Å². The SMILES string of the molecule is CC(C)NC(=O)c1ccc(Cl)cc1NC(=O)CN(C)S(=O)(=O)c1ccccc1. The van der Waals surface area contributed by atoms with Crippen molar-refractivity contribution < 1.29 is 18.0 Å². The van der Waals surface area contributed by atoms with E-state index in [4.69, 9.17) is 11.6 Å². The van der Waals surface area contributed by atoms with Crippen LogP contribution in [0.3, 0.4) is 0 Å². The summed E-state index contributed by atoms with van der Waals surface area (Å²) in [6, 6.07) is 12.2. The number of hydrogen-bond donors (Lipinski definition) is 2. The third-order valence-electron chi connectivity index (χ3n) is 3.74. The molecule has 0 saturated carbocycles. The summed E-state index contributed by atoms with van der Waals surface area (Å²) in [5, 5.41) is 5.64. The normalized spacial score (nSPS) is 11.5. The summed E-state index contributed by atoms with van der Waals surface area (Å²) >= 11 is 5.98. The molecule has 0 atom stereocenters. The molecule has 9 heteroatoms. The summed E-state index contributed by atoms with van der Waals surface area (Å²) in [6.45, 7) is 3.21. The van der Waals surface area contributed by atoms with E-state index in [2.05, 4.69) is 10.6 Å². The summed E-state index contributed by atoms with van der Waals surface area (Å²) in [4.78, 5) is 24.8. The fraction of sp³-hybridized carbons (Fsp3) is 0.263. The van der Waals surface area contributed by atoms with Gasteiger partial charge in [-0.15, -0.1) is 0 Å². The zero-order valence-electron chi connectivity index (χ0n) is 15.8. The Morgan fingerprint density at radius 2 is 1.75 bits per heavy atom. The first-order valence-corrected chi connectivity index (χ1v) is 10.3. The number of anilines is 1. The molecular weight excluding hydrogens is 402 g/mol. The van der Waals surface area contributed by atoms with Crippen molar-refractivity contribution in [3.8, 4) is 0 Å². The molecule has 0 aliphatic rings. The van der Waals surface area contributed by atoms with Gasteiger partial charge in [0.15, 0.2) is 0 Å².